The molecule has 16 heavy (non-hydrogen) atoms. The molecular formula is C11H14ClN3O. The molecule has 0 saturated carbocycles. The van der Waals surface area contributed by atoms with Crippen molar-refractivity contribution in [3.05, 3.63) is 24.3 Å². The van der Waals surface area contributed by atoms with Crippen LogP contribution in [0, 0.1) is 0 Å². The lowest BCUT2D eigenvalue weighted by molar-refractivity contribution is 0.0638. The Bertz CT molecular complexity index is 358. The van der Waals surface area contributed by atoms with Gasteiger partial charge in [-0.25, -0.2) is 9.97 Å². The second kappa shape index (κ2) is 5.25. The van der Waals surface area contributed by atoms with E-state index in [1.807, 2.05) is 4.90 Å². The minimum Gasteiger partial charge on any atom is -0.334 e. The van der Waals surface area contributed by atoms with E-state index in [1.165, 1.54) is 6.33 Å². The van der Waals surface area contributed by atoms with E-state index in [2.05, 4.69) is 9.97 Å². The molecule has 0 aliphatic carbocycles. The zero-order valence-electron chi connectivity index (χ0n) is 8.97. The zero-order chi connectivity index (χ0) is 11.4. The average Bonchev–Trinajstić information content (AvgIpc) is 2.39. The van der Waals surface area contributed by atoms with Crippen LogP contribution in [0.15, 0.2) is 18.7 Å². The Hall–Kier alpha value is -1.16. The van der Waals surface area contributed by atoms with Crippen LogP contribution in [-0.2, 0) is 0 Å². The molecule has 1 aromatic heterocycles. The molecule has 86 valence electrons. The van der Waals surface area contributed by atoms with Crippen molar-refractivity contribution in [3.63, 3.8) is 0 Å². The molecule has 1 aliphatic heterocycles. The third-order valence-corrected chi connectivity index (χ3v) is 3.23. The maximum absolute atomic E-state index is 12.2. The van der Waals surface area contributed by atoms with E-state index in [0.717, 1.165) is 25.8 Å². The van der Waals surface area contributed by atoms with Crippen LogP contribution in [0.1, 0.15) is 29.6 Å². The van der Waals surface area contributed by atoms with Gasteiger partial charge in [-0.3, -0.25) is 4.79 Å². The number of halogens is 1. The van der Waals surface area contributed by atoms with Crippen molar-refractivity contribution >= 4 is 17.5 Å². The SMILES string of the molecule is O=C(c1cncnc1)N1CCCCC1CCl. The van der Waals surface area contributed by atoms with Gasteiger partial charge in [-0.15, -0.1) is 11.6 Å². The summed E-state index contributed by atoms with van der Waals surface area (Å²) < 4.78 is 0. The van der Waals surface area contributed by atoms with E-state index >= 15 is 0 Å². The second-order valence-electron chi connectivity index (χ2n) is 3.93. The lowest BCUT2D eigenvalue weighted by Crippen LogP contribution is -2.44. The van der Waals surface area contributed by atoms with Crippen LogP contribution in [0.4, 0.5) is 0 Å². The van der Waals surface area contributed by atoms with Gasteiger partial charge in [0.25, 0.3) is 5.91 Å². The first kappa shape index (κ1) is 11.3. The highest BCUT2D eigenvalue weighted by Gasteiger charge is 2.26. The van der Waals surface area contributed by atoms with Crippen molar-refractivity contribution in [1.82, 2.24) is 14.9 Å². The number of hydrogen-bond acceptors (Lipinski definition) is 3. The molecule has 2 heterocycles. The first-order valence-electron chi connectivity index (χ1n) is 5.45. The summed E-state index contributed by atoms with van der Waals surface area (Å²) in [7, 11) is 0. The smallest absolute Gasteiger partial charge is 0.257 e. The number of carbonyl (C=O) groups is 1. The lowest BCUT2D eigenvalue weighted by atomic mass is 10.0. The first-order chi connectivity index (χ1) is 7.83. The van der Waals surface area contributed by atoms with Gasteiger partial charge in [0, 0.05) is 30.9 Å². The molecule has 0 bridgehead atoms. The summed E-state index contributed by atoms with van der Waals surface area (Å²) in [5.74, 6) is 0.491. The topological polar surface area (TPSA) is 46.1 Å². The molecule has 5 heteroatoms. The van der Waals surface area contributed by atoms with Crippen molar-refractivity contribution in [2.24, 2.45) is 0 Å². The molecule has 0 spiro atoms. The summed E-state index contributed by atoms with van der Waals surface area (Å²) in [6.45, 7) is 0.783. The molecule has 0 N–H and O–H groups in total. The third-order valence-electron chi connectivity index (χ3n) is 2.87. The molecule has 1 aromatic rings. The van der Waals surface area contributed by atoms with Crippen molar-refractivity contribution in [2.45, 2.75) is 25.3 Å². The average molecular weight is 240 g/mol. The van der Waals surface area contributed by atoms with Gasteiger partial charge < -0.3 is 4.90 Å². The molecule has 1 unspecified atom stereocenters. The molecule has 4 nitrogen and oxygen atoms in total. The summed E-state index contributed by atoms with van der Waals surface area (Å²) in [6.07, 6.45) is 7.71. The summed E-state index contributed by atoms with van der Waals surface area (Å²) >= 11 is 5.88. The number of aromatic nitrogens is 2. The van der Waals surface area contributed by atoms with E-state index in [9.17, 15) is 4.79 Å². The monoisotopic (exact) mass is 239 g/mol. The van der Waals surface area contributed by atoms with E-state index in [4.69, 9.17) is 11.6 Å². The minimum atomic E-state index is -0.00838. The summed E-state index contributed by atoms with van der Waals surface area (Å²) in [5.41, 5.74) is 0.541. The number of carbonyl (C=O) groups excluding carboxylic acids is 1. The van der Waals surface area contributed by atoms with E-state index in [1.54, 1.807) is 12.4 Å². The highest BCUT2D eigenvalue weighted by molar-refractivity contribution is 6.18. The lowest BCUT2D eigenvalue weighted by Gasteiger charge is -2.34. The fourth-order valence-corrected chi connectivity index (χ4v) is 2.32. The van der Waals surface area contributed by atoms with Crippen molar-refractivity contribution < 1.29 is 4.79 Å². The summed E-state index contributed by atoms with van der Waals surface area (Å²) in [5, 5.41) is 0. The molecule has 1 aliphatic rings. The molecule has 1 amide bonds. The Morgan fingerprint density at radius 1 is 1.44 bits per heavy atom. The van der Waals surface area contributed by atoms with Gasteiger partial charge in [0.05, 0.1) is 5.56 Å². The van der Waals surface area contributed by atoms with Crippen molar-refractivity contribution in [2.75, 3.05) is 12.4 Å². The molecule has 1 fully saturated rings. The standard InChI is InChI=1S/C11H14ClN3O/c12-5-10-3-1-2-4-15(10)11(16)9-6-13-8-14-7-9/h6-8,10H,1-5H2. The Kier molecular flexibility index (Phi) is 3.72. The number of likely N-dealkylation sites (tertiary alicyclic amines) is 1. The number of piperidine rings is 1. The predicted octanol–water partition coefficient (Wildman–Crippen LogP) is 1.71. The van der Waals surface area contributed by atoms with Crippen LogP contribution in [0.2, 0.25) is 0 Å². The second-order valence-corrected chi connectivity index (χ2v) is 4.24. The Balaban J connectivity index is 2.14. The highest BCUT2D eigenvalue weighted by atomic mass is 35.5. The van der Waals surface area contributed by atoms with Gasteiger partial charge in [0.15, 0.2) is 0 Å². The van der Waals surface area contributed by atoms with Gasteiger partial charge in [-0.05, 0) is 19.3 Å². The van der Waals surface area contributed by atoms with Crippen LogP contribution >= 0.6 is 11.6 Å². The minimum absolute atomic E-state index is 0.00838. The number of nitrogens with zero attached hydrogens (tertiary/aromatic N) is 3. The molecule has 0 radical (unpaired) electrons. The third kappa shape index (κ3) is 2.32. The van der Waals surface area contributed by atoms with Gasteiger partial charge in [0.2, 0.25) is 0 Å². The Morgan fingerprint density at radius 3 is 2.88 bits per heavy atom. The Morgan fingerprint density at radius 2 is 2.19 bits per heavy atom. The summed E-state index contributed by atoms with van der Waals surface area (Å²) in [4.78, 5) is 21.7. The summed E-state index contributed by atoms with van der Waals surface area (Å²) in [6, 6.07) is 0.156. The first-order valence-corrected chi connectivity index (χ1v) is 5.98. The molecule has 1 saturated heterocycles. The Labute approximate surface area is 99.6 Å². The number of rotatable bonds is 2. The van der Waals surface area contributed by atoms with Gasteiger partial charge in [-0.2, -0.15) is 0 Å². The number of hydrogen-bond donors (Lipinski definition) is 0. The predicted molar refractivity (Wildman–Crippen MR) is 61.4 cm³/mol. The molecule has 2 rings (SSSR count). The maximum atomic E-state index is 12.2. The largest absolute Gasteiger partial charge is 0.334 e. The normalized spacial score (nSPS) is 20.8. The number of alkyl halides is 1. The van der Waals surface area contributed by atoms with Gasteiger partial charge >= 0.3 is 0 Å². The van der Waals surface area contributed by atoms with Crippen LogP contribution in [0.3, 0.4) is 0 Å². The van der Waals surface area contributed by atoms with Gasteiger partial charge in [0.1, 0.15) is 6.33 Å². The van der Waals surface area contributed by atoms with Crippen molar-refractivity contribution in [1.29, 1.82) is 0 Å². The van der Waals surface area contributed by atoms with Crippen molar-refractivity contribution in [3.8, 4) is 0 Å². The van der Waals surface area contributed by atoms with E-state index in [-0.39, 0.29) is 11.9 Å². The highest BCUT2D eigenvalue weighted by Crippen LogP contribution is 2.20. The van der Waals surface area contributed by atoms with Gasteiger partial charge in [-0.1, -0.05) is 0 Å². The zero-order valence-corrected chi connectivity index (χ0v) is 9.73. The van der Waals surface area contributed by atoms with Crippen LogP contribution < -0.4 is 0 Å². The van der Waals surface area contributed by atoms with E-state index < -0.39 is 0 Å². The maximum Gasteiger partial charge on any atom is 0.257 e. The molecule has 1 atom stereocenters. The van der Waals surface area contributed by atoms with E-state index in [0.29, 0.717) is 11.4 Å². The fourth-order valence-electron chi connectivity index (χ4n) is 2.00. The molecule has 0 aromatic carbocycles. The fraction of sp³-hybridized carbons (Fsp3) is 0.545. The van der Waals surface area contributed by atoms with Crippen LogP contribution in [0.25, 0.3) is 0 Å². The van der Waals surface area contributed by atoms with Crippen LogP contribution in [-0.4, -0.2) is 39.2 Å². The van der Waals surface area contributed by atoms with Crippen LogP contribution in [0.5, 0.6) is 0 Å². The number of amides is 1. The quantitative estimate of drug-likeness (QED) is 0.739. The molecular weight excluding hydrogens is 226 g/mol.